The van der Waals surface area contributed by atoms with Crippen LogP contribution in [0.25, 0.3) is 0 Å². The molecule has 0 radical (unpaired) electrons. The number of carbonyl (C=O) groups is 2. The summed E-state index contributed by atoms with van der Waals surface area (Å²) in [5.74, 6) is 0.465. The van der Waals surface area contributed by atoms with E-state index in [1.807, 2.05) is 0 Å². The van der Waals surface area contributed by atoms with E-state index in [0.717, 1.165) is 0 Å². The zero-order chi connectivity index (χ0) is 18.7. The van der Waals surface area contributed by atoms with Gasteiger partial charge in [-0.3, -0.25) is 0 Å². The van der Waals surface area contributed by atoms with Crippen LogP contribution in [0.4, 0.5) is 9.59 Å². The molecule has 0 aliphatic carbocycles. The largest absolute Gasteiger partial charge is 2.00 e. The maximum absolute atomic E-state index is 11.0. The van der Waals surface area contributed by atoms with Gasteiger partial charge in [0.05, 0.1) is 23.0 Å². The van der Waals surface area contributed by atoms with Crippen molar-refractivity contribution >= 4 is 55.4 Å². The fourth-order valence-electron chi connectivity index (χ4n) is 2.46. The van der Waals surface area contributed by atoms with Crippen molar-refractivity contribution in [1.29, 1.82) is 0 Å². The summed E-state index contributed by atoms with van der Waals surface area (Å²) < 4.78 is 44.0. The van der Waals surface area contributed by atoms with Crippen molar-refractivity contribution in [2.45, 2.75) is 24.9 Å². The molecule has 2 aliphatic heterocycles. The Kier molecular flexibility index (Phi) is 9.69. The monoisotopic (exact) mass is 480 g/mol. The Balaban J connectivity index is 0.000000443. The Bertz CT molecular complexity index is 636. The average Bonchev–Trinajstić information content (AvgIpc) is 2.99. The molecule has 13 heteroatoms. The van der Waals surface area contributed by atoms with Gasteiger partial charge in [0.25, 0.3) is 0 Å². The molecule has 0 aromatic rings. The molecule has 2 aliphatic rings. The van der Waals surface area contributed by atoms with Gasteiger partial charge < -0.3 is 44.6 Å². The maximum Gasteiger partial charge on any atom is 2.00 e. The Morgan fingerprint density at radius 2 is 1.08 bits per heavy atom. The molecule has 2 amide bonds. The summed E-state index contributed by atoms with van der Waals surface area (Å²) >= 11 is 8.81. The van der Waals surface area contributed by atoms with E-state index in [1.54, 1.807) is 14.1 Å². The predicted molar refractivity (Wildman–Crippen MR) is 95.2 cm³/mol. The average molecular weight is 482 g/mol. The summed E-state index contributed by atoms with van der Waals surface area (Å²) in [7, 11) is -2.74. The molecule has 8 nitrogen and oxygen atoms in total. The van der Waals surface area contributed by atoms with Crippen molar-refractivity contribution < 1.29 is 45.9 Å². The molecule has 2 atom stereocenters. The Morgan fingerprint density at radius 1 is 0.800 bits per heavy atom. The third-order valence-electron chi connectivity index (χ3n) is 4.09. The summed E-state index contributed by atoms with van der Waals surface area (Å²) in [5.41, 5.74) is 0. The van der Waals surface area contributed by atoms with Crippen LogP contribution in [0.15, 0.2) is 0 Å². The van der Waals surface area contributed by atoms with Gasteiger partial charge in [-0.15, -0.1) is 0 Å². The van der Waals surface area contributed by atoms with Gasteiger partial charge in [0, 0.05) is 26.2 Å². The van der Waals surface area contributed by atoms with Crippen LogP contribution in [0, 0.1) is 0 Å². The smallest absolute Gasteiger partial charge is 0.719 e. The van der Waals surface area contributed by atoms with E-state index in [0.29, 0.717) is 12.8 Å². The third kappa shape index (κ3) is 7.98. The van der Waals surface area contributed by atoms with Gasteiger partial charge in [0.2, 0.25) is 0 Å². The summed E-state index contributed by atoms with van der Waals surface area (Å²) in [5, 5.41) is -0.978. The van der Waals surface area contributed by atoms with Crippen LogP contribution < -0.4 is 0 Å². The van der Waals surface area contributed by atoms with Crippen molar-refractivity contribution in [3.63, 3.8) is 0 Å². The van der Waals surface area contributed by atoms with Crippen LogP contribution in [0.5, 0.6) is 0 Å². The predicted octanol–water partition coefficient (Wildman–Crippen LogP) is -0.458. The van der Waals surface area contributed by atoms with E-state index < -0.39 is 30.2 Å². The second-order valence-corrected chi connectivity index (χ2v) is 11.0. The van der Waals surface area contributed by atoms with Gasteiger partial charge in [-0.1, -0.05) is 0 Å². The molecule has 0 N–H and O–H groups in total. The first-order valence-electron chi connectivity index (χ1n) is 7.13. The number of rotatable bonds is 2. The summed E-state index contributed by atoms with van der Waals surface area (Å²) in [6.45, 7) is 0. The molecule has 2 unspecified atom stereocenters. The second-order valence-electron chi connectivity index (χ2n) is 5.87. The molecular formula is C12H20N2O6S4Zn. The Labute approximate surface area is 172 Å². The fraction of sp³-hybridized carbons (Fsp3) is 0.833. The first-order valence-corrected chi connectivity index (χ1v) is 11.6. The maximum atomic E-state index is 11.0. The van der Waals surface area contributed by atoms with Gasteiger partial charge in [0.15, 0.2) is 19.7 Å². The SMILES string of the molecule is CN(C(=O)[S-])C1CCS(=O)(=O)C1.CN(C(=O)[S-])C1CCS(=O)(=O)C1.[Zn+2]. The second kappa shape index (κ2) is 9.73. The molecule has 2 fully saturated rings. The molecule has 25 heavy (non-hydrogen) atoms. The van der Waals surface area contributed by atoms with E-state index >= 15 is 0 Å². The normalized spacial score (nSPS) is 25.8. The van der Waals surface area contributed by atoms with Gasteiger partial charge in [0.1, 0.15) is 10.5 Å². The van der Waals surface area contributed by atoms with Crippen LogP contribution in [0.2, 0.25) is 0 Å². The van der Waals surface area contributed by atoms with Crippen LogP contribution >= 0.6 is 0 Å². The molecule has 0 bridgehead atoms. The first kappa shape index (κ1) is 24.9. The molecule has 2 rings (SSSR count). The zero-order valence-electron chi connectivity index (χ0n) is 14.1. The van der Waals surface area contributed by atoms with E-state index in [1.165, 1.54) is 9.80 Å². The molecule has 0 aromatic carbocycles. The van der Waals surface area contributed by atoms with Gasteiger partial charge in [-0.2, -0.15) is 0 Å². The minimum absolute atomic E-state index is 0. The van der Waals surface area contributed by atoms with Crippen molar-refractivity contribution in [2.24, 2.45) is 0 Å². The molecule has 2 saturated heterocycles. The topological polar surface area (TPSA) is 109 Å². The standard InChI is InChI=1S/2C6H11NO3S2.Zn/c2*1-7(6(8)11)5-2-3-12(9,10)4-5;/h2*5H,2-4H2,1H3,(H,8,11);/q;;+2/p-2. The fourth-order valence-corrected chi connectivity index (χ4v) is 6.31. The van der Waals surface area contributed by atoms with Crippen LogP contribution in [-0.4, -0.2) is 86.3 Å². The van der Waals surface area contributed by atoms with Gasteiger partial charge in [-0.25, -0.2) is 16.8 Å². The van der Waals surface area contributed by atoms with Crippen molar-refractivity contribution in [2.75, 3.05) is 37.1 Å². The van der Waals surface area contributed by atoms with E-state index in [4.69, 9.17) is 0 Å². The summed E-state index contributed by atoms with van der Waals surface area (Å²) in [4.78, 5) is 24.0. The van der Waals surface area contributed by atoms with Crippen LogP contribution in [0.3, 0.4) is 0 Å². The molecule has 0 saturated carbocycles. The number of hydrogen-bond donors (Lipinski definition) is 0. The van der Waals surface area contributed by atoms with E-state index in [9.17, 15) is 26.4 Å². The number of sulfone groups is 2. The van der Waals surface area contributed by atoms with E-state index in [2.05, 4.69) is 25.3 Å². The quantitative estimate of drug-likeness (QED) is 0.385. The minimum atomic E-state index is -2.91. The Morgan fingerprint density at radius 3 is 1.24 bits per heavy atom. The number of nitrogens with zero attached hydrogens (tertiary/aromatic N) is 2. The van der Waals surface area contributed by atoms with Gasteiger partial charge >= 0.3 is 19.5 Å². The van der Waals surface area contributed by atoms with Crippen LogP contribution in [-0.2, 0) is 64.4 Å². The zero-order valence-corrected chi connectivity index (χ0v) is 20.3. The molecular weight excluding hydrogens is 462 g/mol. The van der Waals surface area contributed by atoms with Crippen molar-refractivity contribution in [3.8, 4) is 0 Å². The third-order valence-corrected chi connectivity index (χ3v) is 8.16. The number of carbonyl (C=O) groups excluding carboxylic acids is 2. The van der Waals surface area contributed by atoms with Crippen LogP contribution in [0.1, 0.15) is 12.8 Å². The Hall–Kier alpha value is -0.0966. The number of amides is 2. The minimum Gasteiger partial charge on any atom is -0.719 e. The van der Waals surface area contributed by atoms with Crippen molar-refractivity contribution in [1.82, 2.24) is 9.80 Å². The molecule has 0 spiro atoms. The molecule has 140 valence electrons. The first-order chi connectivity index (χ1) is 10.8. The van der Waals surface area contributed by atoms with Crippen molar-refractivity contribution in [3.05, 3.63) is 0 Å². The van der Waals surface area contributed by atoms with Gasteiger partial charge in [-0.05, 0) is 12.8 Å². The summed E-state index contributed by atoms with van der Waals surface area (Å²) in [6, 6.07) is -0.417. The van der Waals surface area contributed by atoms with E-state index in [-0.39, 0.29) is 54.6 Å². The molecule has 0 aromatic heterocycles. The summed E-state index contributed by atoms with van der Waals surface area (Å²) in [6.07, 6.45) is 1.03. The number of hydrogen-bond acceptors (Lipinski definition) is 8. The molecule has 2 heterocycles.